The Bertz CT molecular complexity index is 1120. The molecule has 6 nitrogen and oxygen atoms in total. The maximum Gasteiger partial charge on any atom is 0.352 e. The Morgan fingerprint density at radius 1 is 0.938 bits per heavy atom. The van der Waals surface area contributed by atoms with Crippen LogP contribution in [0.3, 0.4) is 0 Å². The summed E-state index contributed by atoms with van der Waals surface area (Å²) in [6, 6.07) is 21.6. The van der Waals surface area contributed by atoms with Crippen molar-refractivity contribution in [3.8, 4) is 11.5 Å². The first kappa shape index (κ1) is 22.6. The van der Waals surface area contributed by atoms with E-state index in [1.165, 1.54) is 6.08 Å². The summed E-state index contributed by atoms with van der Waals surface area (Å²) in [6.45, 7) is 4.68. The largest absolute Gasteiger partial charge is 0.490 e. The molecule has 6 heteroatoms. The van der Waals surface area contributed by atoms with Crippen molar-refractivity contribution < 1.29 is 24.2 Å². The topological polar surface area (TPSA) is 84.9 Å². The van der Waals surface area contributed by atoms with Crippen LogP contribution in [-0.2, 0) is 11.4 Å². The van der Waals surface area contributed by atoms with Gasteiger partial charge in [0, 0.05) is 5.56 Å². The summed E-state index contributed by atoms with van der Waals surface area (Å²) in [5.41, 5.74) is 2.87. The van der Waals surface area contributed by atoms with E-state index in [4.69, 9.17) is 9.47 Å². The zero-order valence-electron chi connectivity index (χ0n) is 18.0. The molecule has 0 spiro atoms. The second kappa shape index (κ2) is 10.8. The van der Waals surface area contributed by atoms with Gasteiger partial charge in [-0.05, 0) is 55.3 Å². The molecule has 0 atom stereocenters. The molecule has 3 rings (SSSR count). The maximum absolute atomic E-state index is 12.4. The molecule has 0 bridgehead atoms. The molecule has 0 aliphatic carbocycles. The highest BCUT2D eigenvalue weighted by molar-refractivity contribution is 6.02. The van der Waals surface area contributed by atoms with Crippen LogP contribution in [0.15, 0.2) is 78.5 Å². The van der Waals surface area contributed by atoms with Crippen LogP contribution < -0.4 is 14.8 Å². The Hall–Kier alpha value is -4.06. The summed E-state index contributed by atoms with van der Waals surface area (Å²) in [6.07, 6.45) is 1.38. The van der Waals surface area contributed by atoms with Gasteiger partial charge in [-0.15, -0.1) is 0 Å². The molecule has 0 aliphatic heterocycles. The van der Waals surface area contributed by atoms with Crippen LogP contribution in [0.5, 0.6) is 11.5 Å². The molecule has 3 aromatic carbocycles. The second-order valence-corrected chi connectivity index (χ2v) is 7.10. The van der Waals surface area contributed by atoms with Crippen molar-refractivity contribution in [2.24, 2.45) is 0 Å². The first-order valence-corrected chi connectivity index (χ1v) is 10.2. The molecule has 0 saturated heterocycles. The summed E-state index contributed by atoms with van der Waals surface area (Å²) >= 11 is 0. The van der Waals surface area contributed by atoms with Gasteiger partial charge in [-0.25, -0.2) is 4.79 Å². The Morgan fingerprint density at radius 2 is 1.72 bits per heavy atom. The van der Waals surface area contributed by atoms with E-state index in [0.29, 0.717) is 35.8 Å². The van der Waals surface area contributed by atoms with Crippen LogP contribution in [0.25, 0.3) is 6.08 Å². The number of carbonyl (C=O) groups excluding carboxylic acids is 1. The lowest BCUT2D eigenvalue weighted by Gasteiger charge is -2.13. The normalized spacial score (nSPS) is 11.0. The molecule has 1 amide bonds. The van der Waals surface area contributed by atoms with Crippen molar-refractivity contribution >= 4 is 18.0 Å². The van der Waals surface area contributed by atoms with E-state index >= 15 is 0 Å². The first-order chi connectivity index (χ1) is 15.5. The summed E-state index contributed by atoms with van der Waals surface area (Å²) < 4.78 is 11.6. The van der Waals surface area contributed by atoms with E-state index in [2.05, 4.69) is 5.32 Å². The molecule has 0 fully saturated rings. The van der Waals surface area contributed by atoms with Gasteiger partial charge in [0.05, 0.1) is 6.61 Å². The van der Waals surface area contributed by atoms with E-state index < -0.39 is 11.9 Å². The number of amides is 1. The zero-order chi connectivity index (χ0) is 22.9. The number of aryl methyl sites for hydroxylation is 1. The molecular weight excluding hydrogens is 406 g/mol. The van der Waals surface area contributed by atoms with Gasteiger partial charge in [0.1, 0.15) is 12.3 Å². The summed E-state index contributed by atoms with van der Waals surface area (Å²) in [5, 5.41) is 12.0. The Kier molecular flexibility index (Phi) is 7.65. The standard InChI is InChI=1S/C26H25NO5/c1-3-31-24-16-19(12-13-23(24)32-17-20-9-7-8-18(2)14-20)15-22(26(29)30)27-25(28)21-10-5-4-6-11-21/h4-16H,3,17H2,1-2H3,(H,27,28)(H,29,30)/b22-15+. The number of carboxylic acid groups (broad SMARTS) is 1. The SMILES string of the molecule is CCOc1cc(/C=C(/NC(=O)c2ccccc2)C(=O)O)ccc1OCc1cccc(C)c1. The van der Waals surface area contributed by atoms with E-state index in [1.54, 1.807) is 48.5 Å². The molecular formula is C26H25NO5. The van der Waals surface area contributed by atoms with Crippen molar-refractivity contribution in [2.45, 2.75) is 20.5 Å². The summed E-state index contributed by atoms with van der Waals surface area (Å²) in [4.78, 5) is 24.1. The molecule has 0 heterocycles. The highest BCUT2D eigenvalue weighted by atomic mass is 16.5. The Labute approximate surface area is 187 Å². The predicted molar refractivity (Wildman–Crippen MR) is 123 cm³/mol. The van der Waals surface area contributed by atoms with Crippen LogP contribution in [0.2, 0.25) is 0 Å². The fourth-order valence-corrected chi connectivity index (χ4v) is 3.07. The molecule has 0 aliphatic rings. The average molecular weight is 431 g/mol. The number of benzene rings is 3. The van der Waals surface area contributed by atoms with Gasteiger partial charge in [0.2, 0.25) is 0 Å². The van der Waals surface area contributed by atoms with E-state index in [-0.39, 0.29) is 5.70 Å². The van der Waals surface area contributed by atoms with Crippen molar-refractivity contribution in [1.82, 2.24) is 5.32 Å². The van der Waals surface area contributed by atoms with Crippen LogP contribution in [0, 0.1) is 6.92 Å². The third-order valence-electron chi connectivity index (χ3n) is 4.57. The van der Waals surface area contributed by atoms with Crippen molar-refractivity contribution in [2.75, 3.05) is 6.61 Å². The Balaban J connectivity index is 1.80. The Morgan fingerprint density at radius 3 is 2.41 bits per heavy atom. The first-order valence-electron chi connectivity index (χ1n) is 10.2. The van der Waals surface area contributed by atoms with Crippen LogP contribution in [0.1, 0.15) is 34.0 Å². The zero-order valence-corrected chi connectivity index (χ0v) is 18.0. The maximum atomic E-state index is 12.4. The van der Waals surface area contributed by atoms with Crippen molar-refractivity contribution in [3.63, 3.8) is 0 Å². The lowest BCUT2D eigenvalue weighted by Crippen LogP contribution is -2.27. The third kappa shape index (κ3) is 6.22. The summed E-state index contributed by atoms with van der Waals surface area (Å²) in [7, 11) is 0. The van der Waals surface area contributed by atoms with Gasteiger partial charge in [0.15, 0.2) is 11.5 Å². The van der Waals surface area contributed by atoms with Crippen molar-refractivity contribution in [3.05, 3.63) is 101 Å². The highest BCUT2D eigenvalue weighted by Gasteiger charge is 2.14. The fraction of sp³-hybridized carbons (Fsp3) is 0.154. The number of hydrogen-bond donors (Lipinski definition) is 2. The third-order valence-corrected chi connectivity index (χ3v) is 4.57. The monoisotopic (exact) mass is 431 g/mol. The lowest BCUT2D eigenvalue weighted by atomic mass is 10.1. The average Bonchev–Trinajstić information content (AvgIpc) is 2.79. The van der Waals surface area contributed by atoms with Gasteiger partial charge < -0.3 is 19.9 Å². The quantitative estimate of drug-likeness (QED) is 0.474. The number of rotatable bonds is 9. The minimum absolute atomic E-state index is 0.241. The smallest absolute Gasteiger partial charge is 0.352 e. The van der Waals surface area contributed by atoms with E-state index in [1.807, 2.05) is 38.1 Å². The van der Waals surface area contributed by atoms with Crippen LogP contribution in [0.4, 0.5) is 0 Å². The minimum Gasteiger partial charge on any atom is -0.490 e. The highest BCUT2D eigenvalue weighted by Crippen LogP contribution is 2.30. The van der Waals surface area contributed by atoms with Crippen molar-refractivity contribution in [1.29, 1.82) is 0 Å². The van der Waals surface area contributed by atoms with Gasteiger partial charge in [-0.2, -0.15) is 0 Å². The molecule has 0 radical (unpaired) electrons. The van der Waals surface area contributed by atoms with Gasteiger partial charge in [-0.1, -0.05) is 54.1 Å². The van der Waals surface area contributed by atoms with Crippen LogP contribution in [-0.4, -0.2) is 23.6 Å². The van der Waals surface area contributed by atoms with Gasteiger partial charge >= 0.3 is 5.97 Å². The van der Waals surface area contributed by atoms with E-state index in [9.17, 15) is 14.7 Å². The minimum atomic E-state index is -1.24. The van der Waals surface area contributed by atoms with E-state index in [0.717, 1.165) is 11.1 Å². The molecule has 0 saturated carbocycles. The predicted octanol–water partition coefficient (Wildman–Crippen LogP) is 4.83. The number of nitrogens with one attached hydrogen (secondary N) is 1. The molecule has 32 heavy (non-hydrogen) atoms. The number of hydrogen-bond acceptors (Lipinski definition) is 4. The number of carboxylic acids is 1. The van der Waals surface area contributed by atoms with Crippen LogP contribution >= 0.6 is 0 Å². The number of carbonyl (C=O) groups is 2. The molecule has 3 aromatic rings. The summed E-state index contributed by atoms with van der Waals surface area (Å²) in [5.74, 6) is -0.696. The molecule has 164 valence electrons. The lowest BCUT2D eigenvalue weighted by molar-refractivity contribution is -0.132. The number of ether oxygens (including phenoxy) is 2. The molecule has 0 unspecified atom stereocenters. The fourth-order valence-electron chi connectivity index (χ4n) is 3.07. The van der Waals surface area contributed by atoms with Gasteiger partial charge in [-0.3, -0.25) is 4.79 Å². The van der Waals surface area contributed by atoms with Gasteiger partial charge in [0.25, 0.3) is 5.91 Å². The number of aliphatic carboxylic acids is 1. The molecule has 2 N–H and O–H groups in total. The molecule has 0 aromatic heterocycles. The second-order valence-electron chi connectivity index (χ2n) is 7.10.